The molecule has 9 heteroatoms. The maximum atomic E-state index is 13.5. The van der Waals surface area contributed by atoms with Crippen LogP contribution in [0, 0.1) is 27.9 Å². The van der Waals surface area contributed by atoms with Crippen molar-refractivity contribution in [2.45, 2.75) is 42.1 Å². The number of thioether (sulfide) groups is 1. The largest absolute Gasteiger partial charge is 0.489 e. The summed E-state index contributed by atoms with van der Waals surface area (Å²) in [5, 5.41) is 13.9. The van der Waals surface area contributed by atoms with Gasteiger partial charge >= 0.3 is 4.87 Å². The molecule has 5 atom stereocenters. The highest BCUT2D eigenvalue weighted by molar-refractivity contribution is 8.00. The van der Waals surface area contributed by atoms with E-state index in [1.807, 2.05) is 70.9 Å². The van der Waals surface area contributed by atoms with E-state index in [0.717, 1.165) is 33.1 Å². The van der Waals surface area contributed by atoms with Crippen LogP contribution in [-0.2, 0) is 6.61 Å². The Balaban J connectivity index is 1.39. The van der Waals surface area contributed by atoms with Gasteiger partial charge in [0, 0.05) is 44.3 Å². The summed E-state index contributed by atoms with van der Waals surface area (Å²) >= 11 is 9.51. The molecule has 2 bridgehead atoms. The van der Waals surface area contributed by atoms with Gasteiger partial charge in [-0.3, -0.25) is 19.5 Å². The molecule has 3 aliphatic rings. The minimum Gasteiger partial charge on any atom is -0.489 e. The van der Waals surface area contributed by atoms with Crippen LogP contribution in [0.1, 0.15) is 41.2 Å². The molecule has 1 aliphatic heterocycles. The summed E-state index contributed by atoms with van der Waals surface area (Å²) in [5.41, 5.74) is 2.52. The molecule has 0 saturated heterocycles. The fraction of sp³-hybridized carbons (Fsp3) is 0.300. The molecular formula is C30H25ClN2O4S2. The van der Waals surface area contributed by atoms with Crippen LogP contribution in [0.25, 0.3) is 5.69 Å². The van der Waals surface area contributed by atoms with E-state index in [2.05, 4.69) is 0 Å². The second-order valence-corrected chi connectivity index (χ2v) is 13.1. The van der Waals surface area contributed by atoms with Gasteiger partial charge in [0.2, 0.25) is 0 Å². The molecule has 2 aliphatic carbocycles. The zero-order valence-corrected chi connectivity index (χ0v) is 23.3. The lowest BCUT2D eigenvalue weighted by Crippen LogP contribution is -2.34. The molecule has 0 N–H and O–H groups in total. The number of fused-ring (bicyclic) bond motifs is 6. The molecule has 0 radical (unpaired) electrons. The van der Waals surface area contributed by atoms with Gasteiger partial charge in [-0.15, -0.1) is 11.8 Å². The number of benzene rings is 3. The van der Waals surface area contributed by atoms with Crippen LogP contribution in [0.4, 0.5) is 5.69 Å². The fourth-order valence-corrected chi connectivity index (χ4v) is 10.2. The second-order valence-electron chi connectivity index (χ2n) is 10.5. The number of nitro benzene ring substituents is 1. The van der Waals surface area contributed by atoms with Gasteiger partial charge in [0.15, 0.2) is 0 Å². The van der Waals surface area contributed by atoms with E-state index in [1.165, 1.54) is 30.2 Å². The van der Waals surface area contributed by atoms with Gasteiger partial charge in [-0.1, -0.05) is 59.3 Å². The van der Waals surface area contributed by atoms with Gasteiger partial charge in [0.1, 0.15) is 12.4 Å². The third-order valence-electron chi connectivity index (χ3n) is 8.51. The molecule has 7 rings (SSSR count). The molecule has 198 valence electrons. The highest BCUT2D eigenvalue weighted by Gasteiger charge is 2.56. The number of nitro groups is 1. The molecular weight excluding hydrogens is 552 g/mol. The van der Waals surface area contributed by atoms with E-state index in [9.17, 15) is 14.9 Å². The Morgan fingerprint density at radius 1 is 1.03 bits per heavy atom. The molecule has 4 aromatic rings. The molecule has 6 nitrogen and oxygen atoms in total. The number of thiazole rings is 1. The van der Waals surface area contributed by atoms with Crippen molar-refractivity contribution in [1.82, 2.24) is 4.57 Å². The van der Waals surface area contributed by atoms with Gasteiger partial charge in [-0.25, -0.2) is 0 Å². The van der Waals surface area contributed by atoms with Gasteiger partial charge in [-0.05, 0) is 61.3 Å². The summed E-state index contributed by atoms with van der Waals surface area (Å²) in [4.78, 5) is 26.0. The Kier molecular flexibility index (Phi) is 6.29. The summed E-state index contributed by atoms with van der Waals surface area (Å²) in [7, 11) is 0. The summed E-state index contributed by atoms with van der Waals surface area (Å²) in [6.07, 6.45) is 3.54. The number of hydrogen-bond acceptors (Lipinski definition) is 6. The Hall–Kier alpha value is -3.07. The maximum Gasteiger partial charge on any atom is 0.312 e. The predicted octanol–water partition coefficient (Wildman–Crippen LogP) is 7.69. The third kappa shape index (κ3) is 4.20. The van der Waals surface area contributed by atoms with Crippen molar-refractivity contribution in [3.8, 4) is 11.4 Å². The smallest absolute Gasteiger partial charge is 0.312 e. The second kappa shape index (κ2) is 9.84. The van der Waals surface area contributed by atoms with Crippen molar-refractivity contribution in [3.05, 3.63) is 114 Å². The number of ether oxygens (including phenoxy) is 1. The topological polar surface area (TPSA) is 74.4 Å². The van der Waals surface area contributed by atoms with Crippen LogP contribution in [-0.4, -0.2) is 14.7 Å². The third-order valence-corrected chi connectivity index (χ3v) is 11.6. The number of non-ortho nitro benzene ring substituents is 1. The van der Waals surface area contributed by atoms with Gasteiger partial charge in [0.25, 0.3) is 5.69 Å². The molecule has 39 heavy (non-hydrogen) atoms. The van der Waals surface area contributed by atoms with E-state index in [-0.39, 0.29) is 28.0 Å². The Labute approximate surface area is 238 Å². The first-order valence-electron chi connectivity index (χ1n) is 13.1. The monoisotopic (exact) mass is 576 g/mol. The minimum absolute atomic E-state index is 0.0278. The highest BCUT2D eigenvalue weighted by Crippen LogP contribution is 2.65. The highest BCUT2D eigenvalue weighted by atomic mass is 35.5. The van der Waals surface area contributed by atoms with Gasteiger partial charge in [-0.2, -0.15) is 0 Å². The first-order chi connectivity index (χ1) is 19.0. The first kappa shape index (κ1) is 24.9. The molecule has 0 amide bonds. The quantitative estimate of drug-likeness (QED) is 0.174. The molecule has 3 aromatic carbocycles. The number of para-hydroxylation sites is 1. The van der Waals surface area contributed by atoms with E-state index < -0.39 is 0 Å². The van der Waals surface area contributed by atoms with Gasteiger partial charge in [0.05, 0.1) is 15.6 Å². The molecule has 2 saturated carbocycles. The van der Waals surface area contributed by atoms with Crippen molar-refractivity contribution in [3.63, 3.8) is 0 Å². The van der Waals surface area contributed by atoms with Crippen molar-refractivity contribution >= 4 is 40.4 Å². The number of halogens is 1. The molecule has 0 unspecified atom stereocenters. The van der Waals surface area contributed by atoms with Crippen LogP contribution in [0.2, 0.25) is 5.02 Å². The zero-order chi connectivity index (χ0) is 26.7. The Morgan fingerprint density at radius 2 is 1.79 bits per heavy atom. The van der Waals surface area contributed by atoms with E-state index in [0.29, 0.717) is 33.8 Å². The number of hydrogen-bond donors (Lipinski definition) is 0. The van der Waals surface area contributed by atoms with Crippen molar-refractivity contribution in [1.29, 1.82) is 0 Å². The van der Waals surface area contributed by atoms with Crippen molar-refractivity contribution < 1.29 is 9.66 Å². The minimum atomic E-state index is -0.351. The number of nitrogens with zero attached hydrogens (tertiary/aromatic N) is 2. The average Bonchev–Trinajstić information content (AvgIpc) is 3.65. The van der Waals surface area contributed by atoms with E-state index >= 15 is 0 Å². The van der Waals surface area contributed by atoms with Crippen LogP contribution < -0.4 is 9.61 Å². The first-order valence-corrected chi connectivity index (χ1v) is 15.2. The summed E-state index contributed by atoms with van der Waals surface area (Å²) < 4.78 is 8.20. The molecule has 1 aromatic heterocycles. The lowest BCUT2D eigenvalue weighted by Gasteiger charge is -2.40. The van der Waals surface area contributed by atoms with Crippen LogP contribution in [0.15, 0.2) is 82.6 Å². The van der Waals surface area contributed by atoms with Crippen LogP contribution >= 0.6 is 34.7 Å². The average molecular weight is 577 g/mol. The lowest BCUT2D eigenvalue weighted by atomic mass is 9.74. The maximum absolute atomic E-state index is 13.5. The predicted molar refractivity (Wildman–Crippen MR) is 155 cm³/mol. The molecule has 2 heterocycles. The van der Waals surface area contributed by atoms with E-state index in [4.69, 9.17) is 16.3 Å². The van der Waals surface area contributed by atoms with Crippen LogP contribution in [0.3, 0.4) is 0 Å². The van der Waals surface area contributed by atoms with Gasteiger partial charge < -0.3 is 4.74 Å². The lowest BCUT2D eigenvalue weighted by molar-refractivity contribution is -0.385. The van der Waals surface area contributed by atoms with Crippen molar-refractivity contribution in [2.24, 2.45) is 17.8 Å². The van der Waals surface area contributed by atoms with Crippen molar-refractivity contribution in [2.75, 3.05) is 0 Å². The summed E-state index contributed by atoms with van der Waals surface area (Å²) in [5.74, 6) is 1.88. The Bertz CT molecular complexity index is 1640. The normalized spacial score (nSPS) is 24.8. The summed E-state index contributed by atoms with van der Waals surface area (Å²) in [6.45, 7) is 0.250. The van der Waals surface area contributed by atoms with Crippen LogP contribution in [0.5, 0.6) is 5.75 Å². The standard InChI is InChI=1S/C30H25ClN2O4S2/c31-23-9-5-4-6-19(23)16-37-24-13-12-21(33(35)36)15-22(24)26-25-17-10-11-18(14-17)27(25)38-29-28(26)39-30(34)32(29)20-7-2-1-3-8-20/h1-9,12-13,15,17-18,25-27H,10-11,14,16H2/t17-,18+,25+,26-,27+/m0/s1. The molecule has 0 spiro atoms. The zero-order valence-electron chi connectivity index (χ0n) is 20.9. The number of aromatic nitrogens is 1. The van der Waals surface area contributed by atoms with E-state index in [1.54, 1.807) is 12.1 Å². The summed E-state index contributed by atoms with van der Waals surface area (Å²) in [6, 6.07) is 22.2. The fourth-order valence-electron chi connectivity index (χ4n) is 6.85. The Morgan fingerprint density at radius 3 is 2.59 bits per heavy atom. The SMILES string of the molecule is O=c1sc2c(n1-c1ccccc1)S[C@@H]1[C@@H]3CC[C@@H](C3)[C@@H]1[C@@H]2c1cc([N+](=O)[O-])ccc1OCc1ccccc1Cl. The molecule has 2 fully saturated rings. The number of rotatable bonds is 6.